The van der Waals surface area contributed by atoms with E-state index >= 15 is 0 Å². The molecule has 0 saturated heterocycles. The minimum atomic E-state index is 0.537. The van der Waals surface area contributed by atoms with Crippen LogP contribution in [0.3, 0.4) is 0 Å². The Balaban J connectivity index is 2.33. The molecular weight excluding hydrogens is 369 g/mol. The molecule has 0 aliphatic carbocycles. The second kappa shape index (κ2) is 12.5. The average molecular weight is 401 g/mol. The summed E-state index contributed by atoms with van der Waals surface area (Å²) in [7, 11) is 0. The van der Waals surface area contributed by atoms with Crippen molar-refractivity contribution in [1.82, 2.24) is 5.32 Å². The van der Waals surface area contributed by atoms with Crippen LogP contribution in [0, 0.1) is 3.57 Å². The van der Waals surface area contributed by atoms with E-state index in [-0.39, 0.29) is 0 Å². The number of unbranched alkanes of at least 4 members (excludes halogenated alkanes) is 6. The molecule has 0 aromatic heterocycles. The standard InChI is InChI=1S/C19H32IN/c1-3-5-6-7-8-9-10-14-19(21-15-4-2)17-12-11-13-18(20)16-17/h11-13,16,19,21H,3-10,14-15H2,1-2H3. The Morgan fingerprint density at radius 1 is 0.952 bits per heavy atom. The maximum Gasteiger partial charge on any atom is 0.0320 e. The number of nitrogens with one attached hydrogen (secondary N) is 1. The molecule has 2 heteroatoms. The predicted molar refractivity (Wildman–Crippen MR) is 103 cm³/mol. The lowest BCUT2D eigenvalue weighted by Crippen LogP contribution is -2.22. The first-order valence-electron chi connectivity index (χ1n) is 8.76. The quantitative estimate of drug-likeness (QED) is 0.313. The lowest BCUT2D eigenvalue weighted by atomic mass is 9.99. The zero-order valence-electron chi connectivity index (χ0n) is 13.8. The van der Waals surface area contributed by atoms with Gasteiger partial charge in [0.25, 0.3) is 0 Å². The third kappa shape index (κ3) is 8.82. The van der Waals surface area contributed by atoms with Gasteiger partial charge >= 0.3 is 0 Å². The molecule has 0 spiro atoms. The van der Waals surface area contributed by atoms with Crippen LogP contribution in [0.2, 0.25) is 0 Å². The van der Waals surface area contributed by atoms with Crippen LogP contribution in [-0.4, -0.2) is 6.54 Å². The van der Waals surface area contributed by atoms with Gasteiger partial charge in [0, 0.05) is 9.61 Å². The van der Waals surface area contributed by atoms with Gasteiger partial charge in [-0.05, 0) is 59.7 Å². The topological polar surface area (TPSA) is 12.0 Å². The summed E-state index contributed by atoms with van der Waals surface area (Å²) in [5.41, 5.74) is 1.46. The largest absolute Gasteiger partial charge is 0.310 e. The van der Waals surface area contributed by atoms with E-state index in [4.69, 9.17) is 0 Å². The van der Waals surface area contributed by atoms with Crippen LogP contribution in [-0.2, 0) is 0 Å². The van der Waals surface area contributed by atoms with Crippen LogP contribution >= 0.6 is 22.6 Å². The van der Waals surface area contributed by atoms with Gasteiger partial charge in [-0.2, -0.15) is 0 Å². The maximum atomic E-state index is 3.72. The molecular formula is C19H32IN. The molecule has 1 nitrogen and oxygen atoms in total. The van der Waals surface area contributed by atoms with Gasteiger partial charge < -0.3 is 5.32 Å². The van der Waals surface area contributed by atoms with E-state index in [0.29, 0.717) is 6.04 Å². The number of benzene rings is 1. The molecule has 1 atom stereocenters. The minimum absolute atomic E-state index is 0.537. The number of hydrogen-bond acceptors (Lipinski definition) is 1. The van der Waals surface area contributed by atoms with Gasteiger partial charge in [-0.3, -0.25) is 0 Å². The zero-order valence-corrected chi connectivity index (χ0v) is 16.0. The van der Waals surface area contributed by atoms with Crippen molar-refractivity contribution < 1.29 is 0 Å². The van der Waals surface area contributed by atoms with Crippen molar-refractivity contribution in [3.05, 3.63) is 33.4 Å². The molecule has 0 aliphatic rings. The fourth-order valence-corrected chi connectivity index (χ4v) is 3.30. The lowest BCUT2D eigenvalue weighted by Gasteiger charge is -2.19. The van der Waals surface area contributed by atoms with E-state index in [0.717, 1.165) is 6.54 Å². The van der Waals surface area contributed by atoms with Crippen molar-refractivity contribution in [3.8, 4) is 0 Å². The molecule has 0 heterocycles. The Hall–Kier alpha value is -0.0900. The average Bonchev–Trinajstić information content (AvgIpc) is 2.49. The third-order valence-electron chi connectivity index (χ3n) is 3.99. The minimum Gasteiger partial charge on any atom is -0.310 e. The highest BCUT2D eigenvalue weighted by molar-refractivity contribution is 14.1. The second-order valence-electron chi connectivity index (χ2n) is 5.97. The number of rotatable bonds is 12. The molecule has 21 heavy (non-hydrogen) atoms. The summed E-state index contributed by atoms with van der Waals surface area (Å²) in [5, 5.41) is 3.72. The lowest BCUT2D eigenvalue weighted by molar-refractivity contribution is 0.465. The summed E-state index contributed by atoms with van der Waals surface area (Å²) < 4.78 is 1.34. The smallest absolute Gasteiger partial charge is 0.0320 e. The van der Waals surface area contributed by atoms with Gasteiger partial charge in [0.1, 0.15) is 0 Å². The first kappa shape index (κ1) is 19.0. The molecule has 0 bridgehead atoms. The summed E-state index contributed by atoms with van der Waals surface area (Å²) in [6.45, 7) is 5.64. The molecule has 1 unspecified atom stereocenters. The SMILES string of the molecule is CCCCCCCCCC(NCCC)c1cccc(I)c1. The highest BCUT2D eigenvalue weighted by atomic mass is 127. The first-order chi connectivity index (χ1) is 10.3. The fourth-order valence-electron chi connectivity index (χ4n) is 2.73. The van der Waals surface area contributed by atoms with Gasteiger partial charge in [0.05, 0.1) is 0 Å². The monoisotopic (exact) mass is 401 g/mol. The summed E-state index contributed by atoms with van der Waals surface area (Å²) in [6, 6.07) is 9.50. The van der Waals surface area contributed by atoms with Crippen molar-refractivity contribution in [2.24, 2.45) is 0 Å². The van der Waals surface area contributed by atoms with Gasteiger partial charge in [-0.1, -0.05) is 70.9 Å². The van der Waals surface area contributed by atoms with E-state index in [2.05, 4.69) is 66.0 Å². The Morgan fingerprint density at radius 2 is 1.67 bits per heavy atom. The summed E-state index contributed by atoms with van der Waals surface area (Å²) in [5.74, 6) is 0. The van der Waals surface area contributed by atoms with Crippen LogP contribution in [0.5, 0.6) is 0 Å². The van der Waals surface area contributed by atoms with Crippen molar-refractivity contribution in [1.29, 1.82) is 0 Å². The Morgan fingerprint density at radius 3 is 2.33 bits per heavy atom. The van der Waals surface area contributed by atoms with Gasteiger partial charge in [-0.15, -0.1) is 0 Å². The van der Waals surface area contributed by atoms with E-state index in [1.165, 1.54) is 66.9 Å². The maximum absolute atomic E-state index is 3.72. The van der Waals surface area contributed by atoms with Gasteiger partial charge in [0.2, 0.25) is 0 Å². The third-order valence-corrected chi connectivity index (χ3v) is 4.66. The number of hydrogen-bond donors (Lipinski definition) is 1. The van der Waals surface area contributed by atoms with Crippen LogP contribution < -0.4 is 5.32 Å². The summed E-state index contributed by atoms with van der Waals surface area (Å²) in [6.07, 6.45) is 12.2. The molecule has 0 saturated carbocycles. The molecule has 0 fully saturated rings. The predicted octanol–water partition coefficient (Wildman–Crippen LogP) is 6.47. The molecule has 1 aromatic rings. The Bertz CT molecular complexity index is 364. The molecule has 1 aromatic carbocycles. The second-order valence-corrected chi connectivity index (χ2v) is 7.22. The van der Waals surface area contributed by atoms with E-state index < -0.39 is 0 Å². The van der Waals surface area contributed by atoms with E-state index in [9.17, 15) is 0 Å². The zero-order chi connectivity index (χ0) is 15.3. The molecule has 120 valence electrons. The van der Waals surface area contributed by atoms with Gasteiger partial charge in [0.15, 0.2) is 0 Å². The first-order valence-corrected chi connectivity index (χ1v) is 9.84. The van der Waals surface area contributed by atoms with E-state index in [1.54, 1.807) is 0 Å². The number of halogens is 1. The fraction of sp³-hybridized carbons (Fsp3) is 0.684. The molecule has 0 aliphatic heterocycles. The summed E-state index contributed by atoms with van der Waals surface area (Å²) in [4.78, 5) is 0. The Kier molecular flexibility index (Phi) is 11.2. The van der Waals surface area contributed by atoms with Crippen molar-refractivity contribution in [2.45, 2.75) is 77.7 Å². The molecule has 0 radical (unpaired) electrons. The van der Waals surface area contributed by atoms with Gasteiger partial charge in [-0.25, -0.2) is 0 Å². The van der Waals surface area contributed by atoms with Crippen LogP contribution in [0.1, 0.15) is 83.2 Å². The highest BCUT2D eigenvalue weighted by Crippen LogP contribution is 2.22. The highest BCUT2D eigenvalue weighted by Gasteiger charge is 2.10. The summed E-state index contributed by atoms with van der Waals surface area (Å²) >= 11 is 2.41. The van der Waals surface area contributed by atoms with Crippen LogP contribution in [0.15, 0.2) is 24.3 Å². The molecule has 1 N–H and O–H groups in total. The molecule has 0 amide bonds. The van der Waals surface area contributed by atoms with Crippen LogP contribution in [0.4, 0.5) is 0 Å². The normalized spacial score (nSPS) is 12.5. The van der Waals surface area contributed by atoms with Crippen LogP contribution in [0.25, 0.3) is 0 Å². The van der Waals surface area contributed by atoms with Crippen molar-refractivity contribution in [2.75, 3.05) is 6.54 Å². The Labute approximate surface area is 145 Å². The van der Waals surface area contributed by atoms with Crippen molar-refractivity contribution >= 4 is 22.6 Å². The molecule has 1 rings (SSSR count). The van der Waals surface area contributed by atoms with E-state index in [1.807, 2.05) is 0 Å². The van der Waals surface area contributed by atoms with Crippen molar-refractivity contribution in [3.63, 3.8) is 0 Å².